The average molecular weight is 382 g/mol. The van der Waals surface area contributed by atoms with Gasteiger partial charge in [-0.1, -0.05) is 17.7 Å². The van der Waals surface area contributed by atoms with Gasteiger partial charge in [-0.25, -0.2) is 4.79 Å². The van der Waals surface area contributed by atoms with Gasteiger partial charge in [0.1, 0.15) is 0 Å². The van der Waals surface area contributed by atoms with Crippen LogP contribution in [-0.2, 0) is 11.3 Å². The number of carbonyl (C=O) groups is 1. The minimum absolute atomic E-state index is 0.116. The summed E-state index contributed by atoms with van der Waals surface area (Å²) in [4.78, 5) is 12.4. The van der Waals surface area contributed by atoms with Gasteiger partial charge in [0.05, 0.1) is 18.8 Å². The second kappa shape index (κ2) is 9.03. The highest BCUT2D eigenvalue weighted by Gasteiger charge is 2.15. The molecule has 0 spiro atoms. The van der Waals surface area contributed by atoms with E-state index in [1.165, 1.54) is 0 Å². The fourth-order valence-electron chi connectivity index (χ4n) is 2.60. The Hall–Kier alpha value is -3.35. The standard InChI is InChI=1S/C21H22N2O5/c1-4-25-17-10-9-16(12-18(17)26-5-2)21(24)27-13-19-22-23-20(28-19)15-8-6-7-14(3)11-15/h6-12H,4-5,13H2,1-3H3. The number of rotatable bonds is 8. The lowest BCUT2D eigenvalue weighted by Crippen LogP contribution is -2.07. The summed E-state index contributed by atoms with van der Waals surface area (Å²) < 4.78 is 21.9. The smallest absolute Gasteiger partial charge is 0.338 e. The first-order chi connectivity index (χ1) is 13.6. The highest BCUT2D eigenvalue weighted by molar-refractivity contribution is 5.90. The third-order valence-corrected chi connectivity index (χ3v) is 3.84. The van der Waals surface area contributed by atoms with Gasteiger partial charge in [0.2, 0.25) is 5.89 Å². The first-order valence-corrected chi connectivity index (χ1v) is 9.07. The summed E-state index contributed by atoms with van der Waals surface area (Å²) in [5.41, 5.74) is 2.26. The summed E-state index contributed by atoms with van der Waals surface area (Å²) in [5, 5.41) is 7.94. The SMILES string of the molecule is CCOc1ccc(C(=O)OCc2nnc(-c3cccc(C)c3)o2)cc1OCC. The highest BCUT2D eigenvalue weighted by atomic mass is 16.5. The van der Waals surface area contributed by atoms with Crippen LogP contribution < -0.4 is 9.47 Å². The Kier molecular flexibility index (Phi) is 6.26. The van der Waals surface area contributed by atoms with Crippen molar-refractivity contribution in [3.05, 3.63) is 59.5 Å². The van der Waals surface area contributed by atoms with E-state index in [0.29, 0.717) is 36.2 Å². The predicted molar refractivity (Wildman–Crippen MR) is 102 cm³/mol. The molecule has 7 heteroatoms. The maximum atomic E-state index is 12.4. The minimum Gasteiger partial charge on any atom is -0.490 e. The summed E-state index contributed by atoms with van der Waals surface area (Å²) in [6.07, 6.45) is 0. The zero-order chi connectivity index (χ0) is 19.9. The summed E-state index contributed by atoms with van der Waals surface area (Å²) in [7, 11) is 0. The number of hydrogen-bond donors (Lipinski definition) is 0. The summed E-state index contributed by atoms with van der Waals surface area (Å²) in [5.74, 6) is 1.17. The Morgan fingerprint density at radius 2 is 1.79 bits per heavy atom. The van der Waals surface area contributed by atoms with Crippen molar-refractivity contribution in [3.63, 3.8) is 0 Å². The van der Waals surface area contributed by atoms with E-state index < -0.39 is 5.97 Å². The number of hydrogen-bond acceptors (Lipinski definition) is 7. The quantitative estimate of drug-likeness (QED) is 0.540. The molecule has 1 aromatic heterocycles. The number of aromatic nitrogens is 2. The van der Waals surface area contributed by atoms with Crippen LogP contribution in [0.3, 0.4) is 0 Å². The van der Waals surface area contributed by atoms with Crippen molar-refractivity contribution >= 4 is 5.97 Å². The molecule has 0 atom stereocenters. The molecule has 3 rings (SSSR count). The van der Waals surface area contributed by atoms with E-state index in [1.807, 2.05) is 45.0 Å². The van der Waals surface area contributed by atoms with E-state index in [1.54, 1.807) is 18.2 Å². The minimum atomic E-state index is -0.515. The van der Waals surface area contributed by atoms with Crippen molar-refractivity contribution in [2.45, 2.75) is 27.4 Å². The predicted octanol–water partition coefficient (Wildman–Crippen LogP) is 4.20. The molecule has 0 fully saturated rings. The topological polar surface area (TPSA) is 83.7 Å². The van der Waals surface area contributed by atoms with Crippen molar-refractivity contribution in [3.8, 4) is 23.0 Å². The second-order valence-electron chi connectivity index (χ2n) is 5.97. The number of ether oxygens (including phenoxy) is 3. The monoisotopic (exact) mass is 382 g/mol. The largest absolute Gasteiger partial charge is 0.490 e. The fourth-order valence-corrected chi connectivity index (χ4v) is 2.60. The molecule has 0 bridgehead atoms. The van der Waals surface area contributed by atoms with Gasteiger partial charge in [0, 0.05) is 5.56 Å². The number of aryl methyl sites for hydroxylation is 1. The molecule has 0 saturated carbocycles. The number of nitrogens with zero attached hydrogens (tertiary/aromatic N) is 2. The lowest BCUT2D eigenvalue weighted by molar-refractivity contribution is 0.0438. The van der Waals surface area contributed by atoms with Crippen LogP contribution in [0.1, 0.15) is 35.7 Å². The van der Waals surface area contributed by atoms with Crippen molar-refractivity contribution in [1.29, 1.82) is 0 Å². The van der Waals surface area contributed by atoms with E-state index in [0.717, 1.165) is 11.1 Å². The zero-order valence-corrected chi connectivity index (χ0v) is 16.1. The number of benzene rings is 2. The maximum Gasteiger partial charge on any atom is 0.338 e. The molecule has 0 saturated heterocycles. The van der Waals surface area contributed by atoms with Crippen LogP contribution in [0, 0.1) is 6.92 Å². The maximum absolute atomic E-state index is 12.4. The molecule has 2 aromatic carbocycles. The number of carbonyl (C=O) groups excluding carboxylic acids is 1. The van der Waals surface area contributed by atoms with Gasteiger partial charge < -0.3 is 18.6 Å². The summed E-state index contributed by atoms with van der Waals surface area (Å²) >= 11 is 0. The van der Waals surface area contributed by atoms with Gasteiger partial charge in [0.25, 0.3) is 5.89 Å². The fraction of sp³-hybridized carbons (Fsp3) is 0.286. The van der Waals surface area contributed by atoms with Crippen LogP contribution in [0.15, 0.2) is 46.9 Å². The molecule has 0 amide bonds. The van der Waals surface area contributed by atoms with Gasteiger partial charge in [-0.3, -0.25) is 0 Å². The molecule has 0 aliphatic rings. The van der Waals surface area contributed by atoms with Crippen molar-refractivity contribution in [1.82, 2.24) is 10.2 Å². The van der Waals surface area contributed by atoms with Crippen LogP contribution in [0.25, 0.3) is 11.5 Å². The molecule has 28 heavy (non-hydrogen) atoms. The Labute approximate surface area is 163 Å². The van der Waals surface area contributed by atoms with Gasteiger partial charge >= 0.3 is 5.97 Å². The molecule has 3 aromatic rings. The van der Waals surface area contributed by atoms with Gasteiger partial charge in [-0.2, -0.15) is 0 Å². The normalized spacial score (nSPS) is 10.5. The summed E-state index contributed by atoms with van der Waals surface area (Å²) in [6.45, 7) is 6.58. The molecule has 0 aliphatic carbocycles. The highest BCUT2D eigenvalue weighted by Crippen LogP contribution is 2.29. The molecule has 0 N–H and O–H groups in total. The van der Waals surface area contributed by atoms with E-state index in [-0.39, 0.29) is 12.5 Å². The van der Waals surface area contributed by atoms with Crippen LogP contribution >= 0.6 is 0 Å². The van der Waals surface area contributed by atoms with Crippen molar-refractivity contribution in [2.24, 2.45) is 0 Å². The molecule has 0 unspecified atom stereocenters. The molecular weight excluding hydrogens is 360 g/mol. The first-order valence-electron chi connectivity index (χ1n) is 9.07. The molecule has 0 aliphatic heterocycles. The molecule has 0 radical (unpaired) electrons. The van der Waals surface area contributed by atoms with Gasteiger partial charge in [-0.05, 0) is 51.1 Å². The zero-order valence-electron chi connectivity index (χ0n) is 16.1. The molecule has 1 heterocycles. The van der Waals surface area contributed by atoms with Crippen LogP contribution in [0.4, 0.5) is 0 Å². The van der Waals surface area contributed by atoms with Crippen LogP contribution in [0.5, 0.6) is 11.5 Å². The van der Waals surface area contributed by atoms with E-state index in [9.17, 15) is 4.79 Å². The Bertz CT molecular complexity index is 951. The van der Waals surface area contributed by atoms with Gasteiger partial charge in [-0.15, -0.1) is 10.2 Å². The van der Waals surface area contributed by atoms with Crippen molar-refractivity contribution < 1.29 is 23.4 Å². The summed E-state index contributed by atoms with van der Waals surface area (Å²) in [6, 6.07) is 12.6. The van der Waals surface area contributed by atoms with E-state index in [2.05, 4.69) is 10.2 Å². The Balaban J connectivity index is 1.66. The third-order valence-electron chi connectivity index (χ3n) is 3.84. The third kappa shape index (κ3) is 4.68. The van der Waals surface area contributed by atoms with Gasteiger partial charge in [0.15, 0.2) is 18.1 Å². The average Bonchev–Trinajstić information content (AvgIpc) is 3.17. The Morgan fingerprint density at radius 1 is 1.00 bits per heavy atom. The lowest BCUT2D eigenvalue weighted by atomic mass is 10.1. The van der Waals surface area contributed by atoms with E-state index in [4.69, 9.17) is 18.6 Å². The number of esters is 1. The van der Waals surface area contributed by atoms with E-state index >= 15 is 0 Å². The molecular formula is C21H22N2O5. The lowest BCUT2D eigenvalue weighted by Gasteiger charge is -2.11. The Morgan fingerprint density at radius 3 is 2.54 bits per heavy atom. The van der Waals surface area contributed by atoms with Crippen LogP contribution in [0.2, 0.25) is 0 Å². The first kappa shape index (κ1) is 19.4. The molecule has 146 valence electrons. The second-order valence-corrected chi connectivity index (χ2v) is 5.97. The molecule has 7 nitrogen and oxygen atoms in total. The van der Waals surface area contributed by atoms with Crippen LogP contribution in [-0.4, -0.2) is 29.4 Å². The van der Waals surface area contributed by atoms with Crippen molar-refractivity contribution in [2.75, 3.05) is 13.2 Å².